The van der Waals surface area contributed by atoms with Gasteiger partial charge in [-0.1, -0.05) is 6.07 Å². The Hall–Kier alpha value is -3.86. The largest absolute Gasteiger partial charge is 0.433 e. The Kier molecular flexibility index (Phi) is 5.81. The molecule has 0 unspecified atom stereocenters. The quantitative estimate of drug-likeness (QED) is 0.442. The first kappa shape index (κ1) is 22.3. The molecule has 4 aromatic rings. The maximum Gasteiger partial charge on any atom is 0.394 e. The third-order valence-corrected chi connectivity index (χ3v) is 6.34. The predicted molar refractivity (Wildman–Crippen MR) is 114 cm³/mol. The molecular weight excluding hydrogens is 454 g/mol. The Morgan fingerprint density at radius 1 is 1.12 bits per heavy atom. The third-order valence-electron chi connectivity index (χ3n) is 4.60. The van der Waals surface area contributed by atoms with Crippen LogP contribution in [0.25, 0.3) is 5.65 Å². The number of carbonyl (C=O) groups is 1. The zero-order chi connectivity index (χ0) is 23.6. The topological polar surface area (TPSA) is 103 Å². The summed E-state index contributed by atoms with van der Waals surface area (Å²) in [6.07, 6.45) is 2.70. The molecule has 0 atom stereocenters. The molecule has 170 valence electrons. The summed E-state index contributed by atoms with van der Waals surface area (Å²) in [7, 11) is -4.01. The number of imidazole rings is 1. The lowest BCUT2D eigenvalue weighted by Gasteiger charge is -2.14. The van der Waals surface area contributed by atoms with Crippen molar-refractivity contribution in [2.45, 2.75) is 29.4 Å². The number of rotatable bonds is 7. The first-order valence-corrected chi connectivity index (χ1v) is 11.2. The smallest absolute Gasteiger partial charge is 0.394 e. The fourth-order valence-corrected chi connectivity index (χ4v) is 4.29. The van der Waals surface area contributed by atoms with Gasteiger partial charge < -0.3 is 14.5 Å². The van der Waals surface area contributed by atoms with Crippen molar-refractivity contribution >= 4 is 21.4 Å². The van der Waals surface area contributed by atoms with Crippen molar-refractivity contribution in [3.63, 3.8) is 0 Å². The Labute approximate surface area is 187 Å². The van der Waals surface area contributed by atoms with Crippen LogP contribution in [0.15, 0.2) is 83.1 Å². The predicted octanol–water partition coefficient (Wildman–Crippen LogP) is 3.48. The molecule has 1 aromatic carbocycles. The number of aromatic nitrogens is 3. The standard InChI is InChI=1S/C22H18F2N4O4S/c1-22(23,24)32-17-3-2-4-18(11-17)33(30,31)19-7-6-16(26-13-19)12-27-21(29)15-5-8-20-25-9-10-28(20)14-15/h2-11,13-14H,12H2,1H3,(H,27,29). The van der Waals surface area contributed by atoms with Crippen molar-refractivity contribution in [2.24, 2.45) is 0 Å². The lowest BCUT2D eigenvalue weighted by Crippen LogP contribution is -2.23. The van der Waals surface area contributed by atoms with Crippen molar-refractivity contribution < 1.29 is 26.7 Å². The summed E-state index contributed by atoms with van der Waals surface area (Å²) in [5, 5.41) is 2.72. The normalized spacial score (nSPS) is 12.0. The summed E-state index contributed by atoms with van der Waals surface area (Å²) < 4.78 is 58.0. The average Bonchev–Trinajstić information content (AvgIpc) is 3.25. The van der Waals surface area contributed by atoms with E-state index in [1.807, 2.05) is 0 Å². The Balaban J connectivity index is 1.45. The minimum atomic E-state index is -4.01. The second kappa shape index (κ2) is 8.58. The van der Waals surface area contributed by atoms with Gasteiger partial charge in [0.1, 0.15) is 11.4 Å². The number of ether oxygens (including phenoxy) is 1. The molecule has 0 aliphatic heterocycles. The molecule has 0 saturated heterocycles. The highest BCUT2D eigenvalue weighted by atomic mass is 32.2. The molecule has 8 nitrogen and oxygen atoms in total. The van der Waals surface area contributed by atoms with Crippen molar-refractivity contribution in [1.29, 1.82) is 0 Å². The van der Waals surface area contributed by atoms with Gasteiger partial charge in [0.05, 0.1) is 27.6 Å². The zero-order valence-electron chi connectivity index (χ0n) is 17.3. The number of amides is 1. The van der Waals surface area contributed by atoms with Crippen LogP contribution >= 0.6 is 0 Å². The zero-order valence-corrected chi connectivity index (χ0v) is 18.1. The van der Waals surface area contributed by atoms with E-state index in [-0.39, 0.29) is 28.0 Å². The lowest BCUT2D eigenvalue weighted by molar-refractivity contribution is -0.159. The molecule has 1 N–H and O–H groups in total. The number of halogens is 2. The highest BCUT2D eigenvalue weighted by Gasteiger charge is 2.25. The van der Waals surface area contributed by atoms with E-state index < -0.39 is 15.9 Å². The molecular formula is C22H18F2N4O4S. The summed E-state index contributed by atoms with van der Waals surface area (Å²) in [4.78, 5) is 20.3. The van der Waals surface area contributed by atoms with Crippen molar-refractivity contribution in [1.82, 2.24) is 19.7 Å². The van der Waals surface area contributed by atoms with Gasteiger partial charge in [-0.05, 0) is 42.5 Å². The molecule has 1 amide bonds. The second-order valence-corrected chi connectivity index (χ2v) is 9.12. The summed E-state index contributed by atoms with van der Waals surface area (Å²) in [6.45, 7) is 0.641. The van der Waals surface area contributed by atoms with Crippen LogP contribution in [0.3, 0.4) is 0 Å². The number of carbonyl (C=O) groups excluding carboxylic acids is 1. The summed E-state index contributed by atoms with van der Waals surface area (Å²) in [6, 6.07) is 11.0. The molecule has 0 saturated carbocycles. The minimum Gasteiger partial charge on any atom is -0.433 e. The van der Waals surface area contributed by atoms with Crippen molar-refractivity contribution in [3.8, 4) is 5.75 Å². The molecule has 3 aromatic heterocycles. The van der Waals surface area contributed by atoms with E-state index in [0.717, 1.165) is 12.3 Å². The van der Waals surface area contributed by atoms with E-state index in [2.05, 4.69) is 20.0 Å². The van der Waals surface area contributed by atoms with Crippen LogP contribution in [0.1, 0.15) is 23.0 Å². The van der Waals surface area contributed by atoms with Gasteiger partial charge in [-0.25, -0.2) is 13.4 Å². The number of fused-ring (bicyclic) bond motifs is 1. The summed E-state index contributed by atoms with van der Waals surface area (Å²) >= 11 is 0. The molecule has 0 spiro atoms. The van der Waals surface area contributed by atoms with Crippen LogP contribution in [-0.4, -0.2) is 34.8 Å². The van der Waals surface area contributed by atoms with E-state index >= 15 is 0 Å². The first-order chi connectivity index (χ1) is 15.6. The summed E-state index contributed by atoms with van der Waals surface area (Å²) in [5.41, 5.74) is 1.58. The molecule has 0 aliphatic carbocycles. The SMILES string of the molecule is CC(F)(F)Oc1cccc(S(=O)(=O)c2ccc(CNC(=O)c3ccc4nccn4c3)nc2)c1. The van der Waals surface area contributed by atoms with Gasteiger partial charge in [0.15, 0.2) is 0 Å². The molecule has 0 aliphatic rings. The van der Waals surface area contributed by atoms with Gasteiger partial charge in [0.2, 0.25) is 9.84 Å². The van der Waals surface area contributed by atoms with Gasteiger partial charge in [-0.15, -0.1) is 0 Å². The molecule has 4 rings (SSSR count). The highest BCUT2D eigenvalue weighted by molar-refractivity contribution is 7.91. The minimum absolute atomic E-state index is 0.0794. The van der Waals surface area contributed by atoms with Crippen LogP contribution in [-0.2, 0) is 16.4 Å². The van der Waals surface area contributed by atoms with Crippen LogP contribution in [0, 0.1) is 0 Å². The van der Waals surface area contributed by atoms with Crippen LogP contribution in [0.2, 0.25) is 0 Å². The number of benzene rings is 1. The van der Waals surface area contributed by atoms with E-state index in [1.165, 1.54) is 30.3 Å². The number of hydrogen-bond donors (Lipinski definition) is 1. The van der Waals surface area contributed by atoms with E-state index in [1.54, 1.807) is 35.1 Å². The van der Waals surface area contributed by atoms with Gasteiger partial charge in [-0.3, -0.25) is 9.78 Å². The van der Waals surface area contributed by atoms with E-state index in [4.69, 9.17) is 0 Å². The monoisotopic (exact) mass is 472 g/mol. The van der Waals surface area contributed by atoms with E-state index in [0.29, 0.717) is 23.8 Å². The summed E-state index contributed by atoms with van der Waals surface area (Å²) in [5.74, 6) is -0.599. The Bertz CT molecular complexity index is 1410. The molecule has 0 radical (unpaired) electrons. The van der Waals surface area contributed by atoms with Gasteiger partial charge in [-0.2, -0.15) is 8.78 Å². The molecule has 0 fully saturated rings. The maximum atomic E-state index is 13.1. The van der Waals surface area contributed by atoms with Gasteiger partial charge in [0, 0.05) is 31.7 Å². The number of hydrogen-bond acceptors (Lipinski definition) is 6. The number of nitrogens with zero attached hydrogens (tertiary/aromatic N) is 3. The number of nitrogens with one attached hydrogen (secondary N) is 1. The molecule has 0 bridgehead atoms. The fraction of sp³-hybridized carbons (Fsp3) is 0.136. The number of alkyl halides is 2. The van der Waals surface area contributed by atoms with Crippen molar-refractivity contribution in [3.05, 3.63) is 84.6 Å². The third kappa shape index (κ3) is 5.14. The van der Waals surface area contributed by atoms with Crippen LogP contribution in [0.5, 0.6) is 5.75 Å². The first-order valence-electron chi connectivity index (χ1n) is 9.70. The van der Waals surface area contributed by atoms with Crippen LogP contribution < -0.4 is 10.1 Å². The maximum absolute atomic E-state index is 13.1. The van der Waals surface area contributed by atoms with Gasteiger partial charge >= 0.3 is 6.11 Å². The van der Waals surface area contributed by atoms with Crippen molar-refractivity contribution in [2.75, 3.05) is 0 Å². The lowest BCUT2D eigenvalue weighted by atomic mass is 10.2. The Morgan fingerprint density at radius 2 is 1.94 bits per heavy atom. The fourth-order valence-electron chi connectivity index (χ4n) is 3.05. The Morgan fingerprint density at radius 3 is 2.67 bits per heavy atom. The number of sulfone groups is 1. The van der Waals surface area contributed by atoms with E-state index in [9.17, 15) is 22.0 Å². The molecule has 33 heavy (non-hydrogen) atoms. The average molecular weight is 472 g/mol. The van der Waals surface area contributed by atoms with Crippen LogP contribution in [0.4, 0.5) is 8.78 Å². The second-order valence-electron chi connectivity index (χ2n) is 7.17. The number of pyridine rings is 2. The molecule has 11 heteroatoms. The highest BCUT2D eigenvalue weighted by Crippen LogP contribution is 2.27. The van der Waals surface area contributed by atoms with Gasteiger partial charge in [0.25, 0.3) is 5.91 Å². The molecule has 3 heterocycles.